The van der Waals surface area contributed by atoms with Crippen molar-refractivity contribution in [2.24, 2.45) is 16.7 Å². The summed E-state index contributed by atoms with van der Waals surface area (Å²) in [6.45, 7) is 1.76. The molecule has 4 atom stereocenters. The minimum Gasteiger partial charge on any atom is -0.447 e. The molecule has 2 heterocycles. The SMILES string of the molecule is C/C=C/[C@H]1O[C@@]23CCCC[C@H]2[C@@](C#N)(C(=N)O3)C1(C#N)C#N. The van der Waals surface area contributed by atoms with Gasteiger partial charge in [-0.2, -0.15) is 15.8 Å². The number of nitriles is 3. The summed E-state index contributed by atoms with van der Waals surface area (Å²) in [5.41, 5.74) is -3.34. The zero-order valence-electron chi connectivity index (χ0n) is 12.3. The third kappa shape index (κ3) is 1.33. The van der Waals surface area contributed by atoms with Crippen LogP contribution in [0.15, 0.2) is 12.2 Å². The van der Waals surface area contributed by atoms with Gasteiger partial charge in [-0.05, 0) is 19.8 Å². The predicted octanol–water partition coefficient (Wildman–Crippen LogP) is 2.40. The molecule has 3 fully saturated rings. The molecule has 0 amide bonds. The largest absolute Gasteiger partial charge is 0.447 e. The summed E-state index contributed by atoms with van der Waals surface area (Å²) in [5.74, 6) is -1.80. The molecule has 112 valence electrons. The summed E-state index contributed by atoms with van der Waals surface area (Å²) < 4.78 is 11.8. The third-order valence-electron chi connectivity index (χ3n) is 5.23. The molecule has 0 aromatic rings. The molecule has 0 aromatic carbocycles. The van der Waals surface area contributed by atoms with E-state index in [1.54, 1.807) is 19.1 Å². The third-order valence-corrected chi connectivity index (χ3v) is 5.23. The van der Waals surface area contributed by atoms with Crippen molar-refractivity contribution in [3.63, 3.8) is 0 Å². The van der Waals surface area contributed by atoms with Crippen molar-refractivity contribution >= 4 is 5.90 Å². The van der Waals surface area contributed by atoms with E-state index < -0.39 is 28.6 Å². The number of hydrogen-bond acceptors (Lipinski definition) is 6. The fourth-order valence-electron chi connectivity index (χ4n) is 4.24. The van der Waals surface area contributed by atoms with E-state index in [1.807, 2.05) is 12.1 Å². The molecule has 22 heavy (non-hydrogen) atoms. The molecule has 2 aliphatic heterocycles. The topological polar surface area (TPSA) is 114 Å². The monoisotopic (exact) mass is 296 g/mol. The number of nitrogens with zero attached hydrogens (tertiary/aromatic N) is 3. The van der Waals surface area contributed by atoms with Crippen molar-refractivity contribution in [2.45, 2.75) is 44.5 Å². The first kappa shape index (κ1) is 14.6. The lowest BCUT2D eigenvalue weighted by Gasteiger charge is -2.50. The molecule has 3 aliphatic rings. The van der Waals surface area contributed by atoms with E-state index >= 15 is 0 Å². The summed E-state index contributed by atoms with van der Waals surface area (Å²) in [6, 6.07) is 6.13. The Balaban J connectivity index is 2.31. The highest BCUT2D eigenvalue weighted by Gasteiger charge is 2.79. The molecular weight excluding hydrogens is 280 g/mol. The molecule has 2 saturated heterocycles. The smallest absolute Gasteiger partial charge is 0.217 e. The van der Waals surface area contributed by atoms with Gasteiger partial charge in [0, 0.05) is 6.42 Å². The van der Waals surface area contributed by atoms with Gasteiger partial charge in [-0.25, -0.2) is 0 Å². The quantitative estimate of drug-likeness (QED) is 0.746. The van der Waals surface area contributed by atoms with Crippen LogP contribution >= 0.6 is 0 Å². The molecule has 0 unspecified atom stereocenters. The lowest BCUT2D eigenvalue weighted by atomic mass is 9.52. The Bertz CT molecular complexity index is 666. The van der Waals surface area contributed by atoms with Crippen LogP contribution in [0.25, 0.3) is 0 Å². The van der Waals surface area contributed by atoms with E-state index in [4.69, 9.17) is 14.9 Å². The molecule has 1 aliphatic carbocycles. The number of hydrogen-bond donors (Lipinski definition) is 1. The van der Waals surface area contributed by atoms with Crippen molar-refractivity contribution in [1.29, 1.82) is 21.2 Å². The van der Waals surface area contributed by atoms with Crippen LogP contribution in [0, 0.1) is 56.2 Å². The Morgan fingerprint density at radius 1 is 1.23 bits per heavy atom. The van der Waals surface area contributed by atoms with Gasteiger partial charge in [0.2, 0.25) is 17.1 Å². The summed E-state index contributed by atoms with van der Waals surface area (Å²) >= 11 is 0. The van der Waals surface area contributed by atoms with Gasteiger partial charge in [0.05, 0.1) is 24.1 Å². The molecule has 1 N–H and O–H groups in total. The lowest BCUT2D eigenvalue weighted by molar-refractivity contribution is -0.280. The maximum atomic E-state index is 9.91. The second-order valence-corrected chi connectivity index (χ2v) is 6.06. The van der Waals surface area contributed by atoms with E-state index in [2.05, 4.69) is 6.07 Å². The number of ether oxygens (including phenoxy) is 2. The number of nitrogens with one attached hydrogen (secondary N) is 1. The maximum Gasteiger partial charge on any atom is 0.217 e. The second kappa shape index (κ2) is 4.57. The van der Waals surface area contributed by atoms with Crippen LogP contribution < -0.4 is 0 Å². The van der Waals surface area contributed by atoms with Crippen molar-refractivity contribution in [3.8, 4) is 18.2 Å². The Hall–Kier alpha value is -2.36. The van der Waals surface area contributed by atoms with Crippen LogP contribution in [0.1, 0.15) is 32.6 Å². The molecule has 1 saturated carbocycles. The Kier molecular flexibility index (Phi) is 3.02. The van der Waals surface area contributed by atoms with Crippen LogP contribution in [0.2, 0.25) is 0 Å². The van der Waals surface area contributed by atoms with Gasteiger partial charge in [0.25, 0.3) is 0 Å². The van der Waals surface area contributed by atoms with Gasteiger partial charge in [0.1, 0.15) is 6.10 Å². The van der Waals surface area contributed by atoms with Crippen LogP contribution in [-0.2, 0) is 9.47 Å². The van der Waals surface area contributed by atoms with Crippen molar-refractivity contribution < 1.29 is 9.47 Å². The van der Waals surface area contributed by atoms with Gasteiger partial charge in [-0.3, -0.25) is 5.41 Å². The molecule has 3 rings (SSSR count). The van der Waals surface area contributed by atoms with E-state index in [9.17, 15) is 15.8 Å². The minimum absolute atomic E-state index is 0.294. The van der Waals surface area contributed by atoms with E-state index in [0.717, 1.165) is 12.8 Å². The second-order valence-electron chi connectivity index (χ2n) is 6.06. The van der Waals surface area contributed by atoms with Crippen LogP contribution in [0.3, 0.4) is 0 Å². The van der Waals surface area contributed by atoms with Crippen LogP contribution in [-0.4, -0.2) is 17.8 Å². The van der Waals surface area contributed by atoms with Crippen molar-refractivity contribution in [2.75, 3.05) is 0 Å². The summed E-state index contributed by atoms with van der Waals surface area (Å²) in [4.78, 5) is 0. The molecule has 0 aromatic heterocycles. The molecule has 6 heteroatoms. The standard InChI is InChI=1S/C16H16N4O2/c1-2-5-12-14(8-17,9-18)15(10-19)11-6-3-4-7-16(11,21-12)22-13(15)20/h2,5,11-12,20H,3-4,6-7H2,1H3/b5-2+,20-13?/t11-,12+,15-,16+/m0/s1. The highest BCUT2D eigenvalue weighted by molar-refractivity contribution is 5.89. The zero-order chi connectivity index (χ0) is 16.0. The fourth-order valence-corrected chi connectivity index (χ4v) is 4.24. The van der Waals surface area contributed by atoms with Crippen LogP contribution in [0.4, 0.5) is 0 Å². The van der Waals surface area contributed by atoms with Gasteiger partial charge in [-0.15, -0.1) is 0 Å². The van der Waals surface area contributed by atoms with Crippen LogP contribution in [0.5, 0.6) is 0 Å². The van der Waals surface area contributed by atoms with E-state index in [-0.39, 0.29) is 5.90 Å². The van der Waals surface area contributed by atoms with Crippen molar-refractivity contribution in [1.82, 2.24) is 0 Å². The predicted molar refractivity (Wildman–Crippen MR) is 74.9 cm³/mol. The summed E-state index contributed by atoms with van der Waals surface area (Å²) in [7, 11) is 0. The first-order valence-electron chi connectivity index (χ1n) is 7.39. The lowest BCUT2D eigenvalue weighted by Crippen LogP contribution is -2.62. The first-order chi connectivity index (χ1) is 10.6. The zero-order valence-corrected chi connectivity index (χ0v) is 12.3. The maximum absolute atomic E-state index is 9.91. The first-order valence-corrected chi connectivity index (χ1v) is 7.39. The molecule has 0 radical (unpaired) electrons. The number of allylic oxidation sites excluding steroid dienone is 1. The Morgan fingerprint density at radius 2 is 1.95 bits per heavy atom. The summed E-state index contributed by atoms with van der Waals surface area (Å²) in [6.07, 6.45) is 5.37. The van der Waals surface area contributed by atoms with Gasteiger partial charge >= 0.3 is 0 Å². The minimum atomic E-state index is -1.77. The Labute approximate surface area is 129 Å². The van der Waals surface area contributed by atoms with Gasteiger partial charge < -0.3 is 9.47 Å². The Morgan fingerprint density at radius 3 is 2.55 bits per heavy atom. The van der Waals surface area contributed by atoms with Crippen molar-refractivity contribution in [3.05, 3.63) is 12.2 Å². The van der Waals surface area contributed by atoms with Gasteiger partial charge in [0.15, 0.2) is 5.41 Å². The average Bonchev–Trinajstić information content (AvgIpc) is 2.74. The summed E-state index contributed by atoms with van der Waals surface area (Å²) in [5, 5.41) is 37.7. The molecule has 6 nitrogen and oxygen atoms in total. The average molecular weight is 296 g/mol. The highest BCUT2D eigenvalue weighted by atomic mass is 16.7. The normalized spacial score (nSPS) is 41.8. The molecular formula is C16H16N4O2. The fraction of sp³-hybridized carbons (Fsp3) is 0.625. The number of rotatable bonds is 1. The molecule has 0 spiro atoms. The van der Waals surface area contributed by atoms with Gasteiger partial charge in [-0.1, -0.05) is 18.6 Å². The van der Waals surface area contributed by atoms with E-state index in [1.165, 1.54) is 0 Å². The molecule has 2 bridgehead atoms. The van der Waals surface area contributed by atoms with E-state index in [0.29, 0.717) is 12.8 Å². The highest BCUT2D eigenvalue weighted by Crippen LogP contribution is 2.66.